The van der Waals surface area contributed by atoms with Gasteiger partial charge in [-0.1, -0.05) is 84.9 Å². The Bertz CT molecular complexity index is 1170. The van der Waals surface area contributed by atoms with Gasteiger partial charge in [-0.3, -0.25) is 0 Å². The van der Waals surface area contributed by atoms with E-state index in [1.807, 2.05) is 36.4 Å². The summed E-state index contributed by atoms with van der Waals surface area (Å²) in [5, 5.41) is 9.24. The topological polar surface area (TPSA) is 29.5 Å². The van der Waals surface area contributed by atoms with Crippen LogP contribution in [-0.2, 0) is 12.8 Å². The van der Waals surface area contributed by atoms with Gasteiger partial charge in [-0.05, 0) is 83.3 Å². The smallest absolute Gasteiger partial charge is 0.118 e. The van der Waals surface area contributed by atoms with Crippen LogP contribution < -0.4 is 4.74 Å². The summed E-state index contributed by atoms with van der Waals surface area (Å²) in [4.78, 5) is 0. The molecule has 0 aliphatic carbocycles. The molecule has 2 nitrogen and oxygen atoms in total. The maximum absolute atomic E-state index is 9.24. The average Bonchev–Trinajstić information content (AvgIpc) is 2.92. The summed E-state index contributed by atoms with van der Waals surface area (Å²) in [5.74, 6) is 1.19. The molecule has 0 unspecified atom stereocenters. The predicted molar refractivity (Wildman–Crippen MR) is 149 cm³/mol. The standard InChI is InChI=1S/C17H18O.C16H16O/c1-3-4-5-14-6-8-15(9-7-14)16-10-12-17(18-2)13-11-16;1-2-3-4-13-5-7-14(8-6-13)15-9-11-16(17)12-10-15/h3,6-13H,1,4-5H2,2H3;2,5-12,17H,1,3-4H2. The van der Waals surface area contributed by atoms with Crippen LogP contribution in [0.4, 0.5) is 0 Å². The molecule has 4 rings (SSSR count). The number of allylic oxidation sites excluding steroid dienone is 2. The van der Waals surface area contributed by atoms with Crippen molar-refractivity contribution in [1.29, 1.82) is 0 Å². The van der Waals surface area contributed by atoms with Crippen molar-refractivity contribution in [3.63, 3.8) is 0 Å². The summed E-state index contributed by atoms with van der Waals surface area (Å²) in [6.45, 7) is 7.47. The van der Waals surface area contributed by atoms with Gasteiger partial charge in [0.2, 0.25) is 0 Å². The van der Waals surface area contributed by atoms with Crippen LogP contribution in [0.2, 0.25) is 0 Å². The van der Waals surface area contributed by atoms with Crippen LogP contribution in [-0.4, -0.2) is 12.2 Å². The number of aromatic hydroxyl groups is 1. The van der Waals surface area contributed by atoms with Gasteiger partial charge in [-0.15, -0.1) is 13.2 Å². The maximum Gasteiger partial charge on any atom is 0.118 e. The molecule has 0 spiro atoms. The molecule has 0 saturated heterocycles. The molecule has 2 heteroatoms. The molecule has 0 amide bonds. The Balaban J connectivity index is 0.000000196. The maximum atomic E-state index is 9.24. The van der Waals surface area contributed by atoms with Crippen molar-refractivity contribution in [2.75, 3.05) is 7.11 Å². The van der Waals surface area contributed by atoms with Gasteiger partial charge in [0.15, 0.2) is 0 Å². The second kappa shape index (κ2) is 13.6. The number of aryl methyl sites for hydroxylation is 2. The molecular formula is C33H34O2. The zero-order valence-corrected chi connectivity index (χ0v) is 20.5. The Hall–Kier alpha value is -4.04. The Morgan fingerprint density at radius 1 is 0.571 bits per heavy atom. The minimum Gasteiger partial charge on any atom is -0.508 e. The summed E-state index contributed by atoms with van der Waals surface area (Å²) in [6.07, 6.45) is 8.04. The SMILES string of the molecule is C=CCCc1ccc(-c2ccc(O)cc2)cc1.C=CCCc1ccc(-c2ccc(OC)cc2)cc1. The van der Waals surface area contributed by atoms with E-state index in [0.29, 0.717) is 5.75 Å². The van der Waals surface area contributed by atoms with Gasteiger partial charge in [0.25, 0.3) is 0 Å². The first-order valence-electron chi connectivity index (χ1n) is 12.0. The Morgan fingerprint density at radius 3 is 1.26 bits per heavy atom. The summed E-state index contributed by atoms with van der Waals surface area (Å²) in [7, 11) is 1.68. The fraction of sp³-hybridized carbons (Fsp3) is 0.152. The highest BCUT2D eigenvalue weighted by Crippen LogP contribution is 2.24. The van der Waals surface area contributed by atoms with Crippen molar-refractivity contribution in [3.05, 3.63) is 133 Å². The third-order valence-corrected chi connectivity index (χ3v) is 5.81. The lowest BCUT2D eigenvalue weighted by atomic mass is 10.0. The fourth-order valence-electron chi connectivity index (χ4n) is 3.70. The van der Waals surface area contributed by atoms with Crippen molar-refractivity contribution in [2.45, 2.75) is 25.7 Å². The van der Waals surface area contributed by atoms with Gasteiger partial charge < -0.3 is 9.84 Å². The van der Waals surface area contributed by atoms with E-state index in [0.717, 1.165) is 37.0 Å². The van der Waals surface area contributed by atoms with E-state index in [-0.39, 0.29) is 0 Å². The van der Waals surface area contributed by atoms with Gasteiger partial charge in [0.1, 0.15) is 11.5 Å². The van der Waals surface area contributed by atoms with Crippen LogP contribution in [0.5, 0.6) is 11.5 Å². The molecule has 0 aromatic heterocycles. The number of ether oxygens (including phenoxy) is 1. The number of hydrogen-bond donors (Lipinski definition) is 1. The van der Waals surface area contributed by atoms with Crippen molar-refractivity contribution in [2.24, 2.45) is 0 Å². The lowest BCUT2D eigenvalue weighted by Crippen LogP contribution is -1.85. The average molecular weight is 463 g/mol. The van der Waals surface area contributed by atoms with Crippen molar-refractivity contribution in [3.8, 4) is 33.8 Å². The van der Waals surface area contributed by atoms with E-state index < -0.39 is 0 Å². The Kier molecular flexibility index (Phi) is 9.95. The van der Waals surface area contributed by atoms with E-state index in [1.54, 1.807) is 19.2 Å². The minimum atomic E-state index is 0.302. The van der Waals surface area contributed by atoms with E-state index in [9.17, 15) is 5.11 Å². The van der Waals surface area contributed by atoms with Gasteiger partial charge in [-0.25, -0.2) is 0 Å². The summed E-state index contributed by atoms with van der Waals surface area (Å²) in [5.41, 5.74) is 7.43. The number of hydrogen-bond acceptors (Lipinski definition) is 2. The normalized spacial score (nSPS) is 10.1. The van der Waals surface area contributed by atoms with Crippen molar-refractivity contribution >= 4 is 0 Å². The molecule has 0 bridgehead atoms. The van der Waals surface area contributed by atoms with Crippen molar-refractivity contribution in [1.82, 2.24) is 0 Å². The van der Waals surface area contributed by atoms with Gasteiger partial charge in [-0.2, -0.15) is 0 Å². The van der Waals surface area contributed by atoms with Crippen LogP contribution in [0.3, 0.4) is 0 Å². The molecule has 0 heterocycles. The number of phenols is 1. The molecule has 35 heavy (non-hydrogen) atoms. The Morgan fingerprint density at radius 2 is 0.914 bits per heavy atom. The van der Waals surface area contributed by atoms with Gasteiger partial charge in [0.05, 0.1) is 7.11 Å². The minimum absolute atomic E-state index is 0.302. The third-order valence-electron chi connectivity index (χ3n) is 5.81. The largest absolute Gasteiger partial charge is 0.508 e. The second-order valence-electron chi connectivity index (χ2n) is 8.32. The van der Waals surface area contributed by atoms with Crippen LogP contribution in [0.25, 0.3) is 22.3 Å². The van der Waals surface area contributed by atoms with E-state index >= 15 is 0 Å². The van der Waals surface area contributed by atoms with Crippen LogP contribution in [0.15, 0.2) is 122 Å². The molecule has 0 radical (unpaired) electrons. The molecule has 4 aromatic carbocycles. The first-order valence-corrected chi connectivity index (χ1v) is 12.0. The molecule has 1 N–H and O–H groups in total. The predicted octanol–water partition coefficient (Wildman–Crippen LogP) is 8.66. The summed E-state index contributed by atoms with van der Waals surface area (Å²) >= 11 is 0. The molecule has 0 aliphatic rings. The summed E-state index contributed by atoms with van der Waals surface area (Å²) < 4.78 is 5.16. The van der Waals surface area contributed by atoms with E-state index in [4.69, 9.17) is 4.74 Å². The quantitative estimate of drug-likeness (QED) is 0.252. The zero-order valence-electron chi connectivity index (χ0n) is 20.5. The third kappa shape index (κ3) is 8.04. The van der Waals surface area contributed by atoms with Crippen LogP contribution >= 0.6 is 0 Å². The fourth-order valence-corrected chi connectivity index (χ4v) is 3.70. The van der Waals surface area contributed by atoms with Gasteiger partial charge in [0, 0.05) is 0 Å². The monoisotopic (exact) mass is 462 g/mol. The molecule has 4 aromatic rings. The number of phenolic OH excluding ortho intramolecular Hbond substituents is 1. The lowest BCUT2D eigenvalue weighted by Gasteiger charge is -2.05. The highest BCUT2D eigenvalue weighted by molar-refractivity contribution is 5.65. The highest BCUT2D eigenvalue weighted by Gasteiger charge is 2.00. The van der Waals surface area contributed by atoms with E-state index in [2.05, 4.69) is 73.8 Å². The zero-order chi connectivity index (χ0) is 24.9. The van der Waals surface area contributed by atoms with Crippen LogP contribution in [0, 0.1) is 0 Å². The highest BCUT2D eigenvalue weighted by atomic mass is 16.5. The van der Waals surface area contributed by atoms with Gasteiger partial charge >= 0.3 is 0 Å². The molecule has 0 saturated carbocycles. The van der Waals surface area contributed by atoms with Crippen LogP contribution in [0.1, 0.15) is 24.0 Å². The lowest BCUT2D eigenvalue weighted by molar-refractivity contribution is 0.415. The number of benzene rings is 4. The molecule has 0 atom stereocenters. The van der Waals surface area contributed by atoms with Crippen molar-refractivity contribution < 1.29 is 9.84 Å². The number of rotatable bonds is 9. The molecule has 0 aliphatic heterocycles. The Labute approximate surface area is 209 Å². The number of methoxy groups -OCH3 is 1. The molecular weight excluding hydrogens is 428 g/mol. The second-order valence-corrected chi connectivity index (χ2v) is 8.32. The first-order chi connectivity index (χ1) is 17.1. The first kappa shape index (κ1) is 25.6. The van der Waals surface area contributed by atoms with E-state index in [1.165, 1.54) is 27.8 Å². The molecule has 178 valence electrons. The molecule has 0 fully saturated rings. The summed E-state index contributed by atoms with van der Waals surface area (Å²) in [6, 6.07) is 32.6.